The van der Waals surface area contributed by atoms with Crippen LogP contribution in [0.25, 0.3) is 22.0 Å². The molecule has 2 heterocycles. The number of benzene rings is 4. The number of hydrogen-bond donors (Lipinski definition) is 3. The van der Waals surface area contributed by atoms with E-state index >= 15 is 0 Å². The Hall–Kier alpha value is -6.68. The summed E-state index contributed by atoms with van der Waals surface area (Å²) in [5, 5.41) is 3.34. The summed E-state index contributed by atoms with van der Waals surface area (Å²) in [6.07, 6.45) is 1.85. The lowest BCUT2D eigenvalue weighted by Crippen LogP contribution is -2.18. The van der Waals surface area contributed by atoms with Crippen molar-refractivity contribution in [3.05, 3.63) is 126 Å². The molecule has 0 aliphatic carbocycles. The highest BCUT2D eigenvalue weighted by atomic mass is 32.2. The lowest BCUT2D eigenvalue weighted by molar-refractivity contribution is 0.102. The number of amides is 2. The van der Waals surface area contributed by atoms with Crippen LogP contribution in [0, 0.1) is 18.6 Å². The van der Waals surface area contributed by atoms with Gasteiger partial charge in [-0.2, -0.15) is 0 Å². The lowest BCUT2D eigenvalue weighted by atomic mass is 10.0. The van der Waals surface area contributed by atoms with Gasteiger partial charge in [0.05, 0.1) is 12.8 Å². The van der Waals surface area contributed by atoms with Crippen LogP contribution in [0.2, 0.25) is 0 Å². The Morgan fingerprint density at radius 2 is 1.63 bits per heavy atom. The summed E-state index contributed by atoms with van der Waals surface area (Å²) in [5.74, 6) is -2.26. The van der Waals surface area contributed by atoms with Gasteiger partial charge in [-0.25, -0.2) is 36.9 Å². The molecule has 52 heavy (non-hydrogen) atoms. The second-order valence-electron chi connectivity index (χ2n) is 11.1. The minimum absolute atomic E-state index is 0.0773. The van der Waals surface area contributed by atoms with E-state index in [0.717, 1.165) is 12.1 Å². The molecule has 4 aromatic carbocycles. The Kier molecular flexibility index (Phi) is 9.91. The monoisotopic (exact) mass is 726 g/mol. The van der Waals surface area contributed by atoms with Gasteiger partial charge < -0.3 is 25.3 Å². The molecule has 0 aliphatic heterocycles. The van der Waals surface area contributed by atoms with Crippen LogP contribution in [0.1, 0.15) is 21.6 Å². The Morgan fingerprint density at radius 3 is 2.37 bits per heavy atom. The molecule has 4 N–H and O–H groups in total. The molecule has 0 aliphatic rings. The number of aryl methyl sites for hydroxylation is 1. The molecule has 0 radical (unpaired) electrons. The Labute approximate surface area is 295 Å². The van der Waals surface area contributed by atoms with Crippen molar-refractivity contribution in [3.8, 4) is 28.5 Å². The number of halogens is 2. The highest BCUT2D eigenvalue weighted by Crippen LogP contribution is 2.36. The third-order valence-electron chi connectivity index (χ3n) is 7.66. The van der Waals surface area contributed by atoms with Crippen LogP contribution in [-0.2, 0) is 16.6 Å². The molecular formula is C36H28F2N6O7S. The molecule has 2 aromatic heterocycles. The molecule has 6 rings (SSSR count). The van der Waals surface area contributed by atoms with E-state index in [2.05, 4.69) is 25.0 Å². The van der Waals surface area contributed by atoms with Gasteiger partial charge >= 0.3 is 6.09 Å². The van der Waals surface area contributed by atoms with Crippen LogP contribution in [-0.4, -0.2) is 42.5 Å². The number of anilines is 2. The van der Waals surface area contributed by atoms with Gasteiger partial charge in [0, 0.05) is 34.5 Å². The van der Waals surface area contributed by atoms with E-state index in [1.165, 1.54) is 31.8 Å². The Balaban J connectivity index is 1.25. The number of ether oxygens (including phenoxy) is 3. The van der Waals surface area contributed by atoms with Crippen molar-refractivity contribution in [3.63, 3.8) is 0 Å². The van der Waals surface area contributed by atoms with Crippen LogP contribution < -0.4 is 30.0 Å². The lowest BCUT2D eigenvalue weighted by Gasteiger charge is -2.15. The first-order valence-electron chi connectivity index (χ1n) is 15.3. The van der Waals surface area contributed by atoms with Crippen LogP contribution in [0.5, 0.6) is 17.4 Å². The van der Waals surface area contributed by atoms with Gasteiger partial charge in [-0.15, -0.1) is 0 Å². The van der Waals surface area contributed by atoms with Crippen molar-refractivity contribution < 1.29 is 41.0 Å². The van der Waals surface area contributed by atoms with Gasteiger partial charge in [-0.1, -0.05) is 24.3 Å². The SMILES string of the molecule is COc1ncc(-c2cc(OCc3ccc(C(=O)Nc4ccccc4OC(N)=O)cc3)c3ncnc(C)c3c2)cc1NS(=O)(=O)c1ccc(F)cc1F. The van der Waals surface area contributed by atoms with E-state index in [1.54, 1.807) is 61.5 Å². The summed E-state index contributed by atoms with van der Waals surface area (Å²) in [6, 6.07) is 20.1. The number of carbonyl (C=O) groups excluding carboxylic acids is 2. The summed E-state index contributed by atoms with van der Waals surface area (Å²) >= 11 is 0. The molecule has 0 bridgehead atoms. The molecule has 13 nitrogen and oxygen atoms in total. The average Bonchev–Trinajstić information content (AvgIpc) is 3.11. The number of hydrogen-bond acceptors (Lipinski definition) is 10. The number of sulfonamides is 1. The van der Waals surface area contributed by atoms with Crippen LogP contribution in [0.3, 0.4) is 0 Å². The number of carbonyl (C=O) groups is 2. The number of rotatable bonds is 11. The van der Waals surface area contributed by atoms with Gasteiger partial charge in [0.2, 0.25) is 5.88 Å². The molecule has 0 unspecified atom stereocenters. The van der Waals surface area contributed by atoms with Crippen molar-refractivity contribution in [2.75, 3.05) is 17.1 Å². The van der Waals surface area contributed by atoms with Crippen molar-refractivity contribution in [1.29, 1.82) is 0 Å². The number of para-hydroxylation sites is 2. The standard InChI is InChI=1S/C36H28F2N6O7S/c1-20-26-13-23(24-14-29(35(49-2)40-17-24)44-52(47,48)32-12-11-25(37)16-27(32)38)15-31(33(26)42-19-41-20)50-18-21-7-9-22(10-8-21)34(45)43-28-5-3-4-6-30(28)51-36(39)46/h3-17,19,44H,18H2,1-2H3,(H2,39,46)(H,43,45). The third-order valence-corrected chi connectivity index (χ3v) is 9.06. The maximum Gasteiger partial charge on any atom is 0.410 e. The number of pyridine rings is 1. The predicted octanol–water partition coefficient (Wildman–Crippen LogP) is 6.38. The van der Waals surface area contributed by atoms with E-state index in [-0.39, 0.29) is 29.6 Å². The van der Waals surface area contributed by atoms with Gasteiger partial charge in [0.25, 0.3) is 15.9 Å². The number of aromatic nitrogens is 3. The average molecular weight is 727 g/mol. The number of primary amides is 1. The zero-order valence-electron chi connectivity index (χ0n) is 27.4. The first-order chi connectivity index (χ1) is 24.9. The molecule has 0 atom stereocenters. The highest BCUT2D eigenvalue weighted by molar-refractivity contribution is 7.92. The maximum atomic E-state index is 14.4. The van der Waals surface area contributed by atoms with Crippen LogP contribution in [0.4, 0.5) is 25.0 Å². The third kappa shape index (κ3) is 7.71. The predicted molar refractivity (Wildman–Crippen MR) is 187 cm³/mol. The molecule has 264 valence electrons. The first-order valence-corrected chi connectivity index (χ1v) is 16.8. The fourth-order valence-electron chi connectivity index (χ4n) is 5.15. The largest absolute Gasteiger partial charge is 0.487 e. The fourth-order valence-corrected chi connectivity index (χ4v) is 6.26. The number of fused-ring (bicyclic) bond motifs is 1. The molecule has 2 amide bonds. The zero-order chi connectivity index (χ0) is 37.0. The van der Waals surface area contributed by atoms with Crippen molar-refractivity contribution >= 4 is 44.3 Å². The van der Waals surface area contributed by atoms with Gasteiger partial charge in [-0.05, 0) is 72.6 Å². The molecular weight excluding hydrogens is 698 g/mol. The summed E-state index contributed by atoms with van der Waals surface area (Å²) in [4.78, 5) is 36.3. The van der Waals surface area contributed by atoms with Gasteiger partial charge in [-0.3, -0.25) is 9.52 Å². The smallest absolute Gasteiger partial charge is 0.410 e. The van der Waals surface area contributed by atoms with Crippen molar-refractivity contribution in [2.45, 2.75) is 18.4 Å². The number of nitrogens with one attached hydrogen (secondary N) is 2. The van der Waals surface area contributed by atoms with Gasteiger partial charge in [0.15, 0.2) is 5.75 Å². The minimum Gasteiger partial charge on any atom is -0.487 e. The van der Waals surface area contributed by atoms with Gasteiger partial charge in [0.1, 0.15) is 46.4 Å². The van der Waals surface area contributed by atoms with Crippen molar-refractivity contribution in [2.24, 2.45) is 5.73 Å². The molecule has 16 heteroatoms. The number of methoxy groups -OCH3 is 1. The van der Waals surface area contributed by atoms with Crippen LogP contribution in [0.15, 0.2) is 102 Å². The minimum atomic E-state index is -4.52. The molecule has 6 aromatic rings. The zero-order valence-corrected chi connectivity index (χ0v) is 28.2. The number of nitrogens with zero attached hydrogens (tertiary/aromatic N) is 3. The Morgan fingerprint density at radius 1 is 0.865 bits per heavy atom. The van der Waals surface area contributed by atoms with E-state index in [1.807, 2.05) is 0 Å². The van der Waals surface area contributed by atoms with Crippen molar-refractivity contribution in [1.82, 2.24) is 15.0 Å². The summed E-state index contributed by atoms with van der Waals surface area (Å²) in [5.41, 5.74) is 8.48. The maximum absolute atomic E-state index is 14.4. The quantitative estimate of drug-likeness (QED) is 0.135. The first kappa shape index (κ1) is 35.2. The fraction of sp³-hybridized carbons (Fsp3) is 0.0833. The molecule has 0 saturated carbocycles. The van der Waals surface area contributed by atoms with E-state index in [4.69, 9.17) is 19.9 Å². The summed E-state index contributed by atoms with van der Waals surface area (Å²) < 4.78 is 72.8. The second-order valence-corrected chi connectivity index (χ2v) is 12.8. The van der Waals surface area contributed by atoms with E-state index in [9.17, 15) is 26.8 Å². The Bertz CT molecular complexity index is 2450. The van der Waals surface area contributed by atoms with Crippen LogP contribution >= 0.6 is 0 Å². The van der Waals surface area contributed by atoms with E-state index in [0.29, 0.717) is 50.7 Å². The second kappa shape index (κ2) is 14.7. The molecule has 0 fully saturated rings. The molecule has 0 saturated heterocycles. The normalized spacial score (nSPS) is 11.2. The molecule has 0 spiro atoms. The summed E-state index contributed by atoms with van der Waals surface area (Å²) in [6.45, 7) is 1.87. The highest BCUT2D eigenvalue weighted by Gasteiger charge is 2.23. The van der Waals surface area contributed by atoms with E-state index < -0.39 is 38.6 Å². The topological polar surface area (TPSA) is 185 Å². The number of nitrogens with two attached hydrogens (primary N) is 1. The summed E-state index contributed by atoms with van der Waals surface area (Å²) in [7, 11) is -3.22.